The van der Waals surface area contributed by atoms with Crippen molar-refractivity contribution < 1.29 is 24.5 Å². The summed E-state index contributed by atoms with van der Waals surface area (Å²) in [5.41, 5.74) is 7.08. The van der Waals surface area contributed by atoms with Crippen molar-refractivity contribution in [1.82, 2.24) is 25.2 Å². The van der Waals surface area contributed by atoms with Crippen molar-refractivity contribution in [2.24, 2.45) is 23.5 Å². The molecule has 1 aliphatic carbocycles. The van der Waals surface area contributed by atoms with Gasteiger partial charge in [0.25, 0.3) is 0 Å². The average molecular weight is 649 g/mol. The molecule has 5 atom stereocenters. The number of aliphatic hydroxyl groups excluding tert-OH is 2. The Hall–Kier alpha value is -3.80. The second kappa shape index (κ2) is 17.4. The third kappa shape index (κ3) is 10.6. The highest BCUT2D eigenvalue weighted by atomic mass is 16.6. The number of nitrogens with two attached hydrogens (primary N) is 1. The molecule has 0 saturated heterocycles. The number of aromatic amines is 1. The van der Waals surface area contributed by atoms with Gasteiger partial charge in [0.05, 0.1) is 55.3 Å². The molecule has 256 valence electrons. The Morgan fingerprint density at radius 3 is 2.45 bits per heavy atom. The summed E-state index contributed by atoms with van der Waals surface area (Å²) in [4.78, 5) is 39.7. The molecule has 3 aromatic rings. The predicted octanol–water partition coefficient (Wildman–Crippen LogP) is 4.66. The van der Waals surface area contributed by atoms with Gasteiger partial charge in [0, 0.05) is 6.20 Å². The van der Waals surface area contributed by atoms with Crippen molar-refractivity contribution in [3.8, 4) is 0 Å². The van der Waals surface area contributed by atoms with Crippen molar-refractivity contribution in [2.45, 2.75) is 103 Å². The normalized spacial score (nSPS) is 17.7. The first kappa shape index (κ1) is 36.0. The summed E-state index contributed by atoms with van der Waals surface area (Å²) >= 11 is 0. The number of carbonyl (C=O) groups excluding carboxylic acids is 2. The van der Waals surface area contributed by atoms with Gasteiger partial charge in [-0.3, -0.25) is 14.7 Å². The zero-order chi connectivity index (χ0) is 33.8. The number of hydrogen-bond acceptors (Lipinski definition) is 8. The minimum absolute atomic E-state index is 0.0138. The molecule has 0 aliphatic heterocycles. The maximum absolute atomic E-state index is 13.5. The minimum Gasteiger partial charge on any atom is -0.445 e. The van der Waals surface area contributed by atoms with Crippen LogP contribution in [0.1, 0.15) is 82.7 Å². The van der Waals surface area contributed by atoms with Crippen LogP contribution in [0.2, 0.25) is 0 Å². The molecule has 2 heterocycles. The number of imidazole rings is 1. The third-order valence-electron chi connectivity index (χ3n) is 9.44. The van der Waals surface area contributed by atoms with E-state index >= 15 is 0 Å². The molecule has 0 radical (unpaired) electrons. The van der Waals surface area contributed by atoms with Gasteiger partial charge in [-0.15, -0.1) is 0 Å². The fourth-order valence-corrected chi connectivity index (χ4v) is 6.45. The van der Waals surface area contributed by atoms with Crippen LogP contribution in [0.15, 0.2) is 67.3 Å². The number of rotatable bonds is 16. The van der Waals surface area contributed by atoms with Crippen LogP contribution in [-0.4, -0.2) is 66.9 Å². The maximum Gasteiger partial charge on any atom is 0.410 e. The Balaban J connectivity index is 1.48. The first-order valence-corrected chi connectivity index (χ1v) is 16.8. The molecule has 11 nitrogen and oxygen atoms in total. The summed E-state index contributed by atoms with van der Waals surface area (Å²) in [5.74, 6) is -0.463. The molecule has 47 heavy (non-hydrogen) atoms. The first-order valence-electron chi connectivity index (χ1n) is 16.8. The molecule has 4 rings (SSSR count). The predicted molar refractivity (Wildman–Crippen MR) is 179 cm³/mol. The Morgan fingerprint density at radius 2 is 1.81 bits per heavy atom. The van der Waals surface area contributed by atoms with E-state index in [-0.39, 0.29) is 38.0 Å². The number of aromatic nitrogens is 3. The van der Waals surface area contributed by atoms with Gasteiger partial charge in [0.15, 0.2) is 0 Å². The molecule has 1 saturated carbocycles. The number of amides is 2. The zero-order valence-electron chi connectivity index (χ0n) is 27.9. The van der Waals surface area contributed by atoms with Crippen LogP contribution in [0.4, 0.5) is 4.79 Å². The molecule has 1 aliphatic rings. The van der Waals surface area contributed by atoms with Gasteiger partial charge in [-0.05, 0) is 55.2 Å². The lowest BCUT2D eigenvalue weighted by atomic mass is 9.79. The molecule has 2 amide bonds. The molecule has 1 aromatic carbocycles. The quantitative estimate of drug-likeness (QED) is 0.150. The van der Waals surface area contributed by atoms with E-state index in [1.54, 1.807) is 19.2 Å². The summed E-state index contributed by atoms with van der Waals surface area (Å²) in [6, 6.07) is 14.3. The Labute approximate surface area is 278 Å². The highest BCUT2D eigenvalue weighted by molar-refractivity contribution is 5.86. The molecule has 1 fully saturated rings. The molecule has 2 aromatic heterocycles. The van der Waals surface area contributed by atoms with E-state index in [0.717, 1.165) is 31.2 Å². The molecule has 0 spiro atoms. The number of pyridine rings is 1. The van der Waals surface area contributed by atoms with Gasteiger partial charge in [-0.25, -0.2) is 9.78 Å². The molecule has 1 unspecified atom stereocenters. The van der Waals surface area contributed by atoms with Crippen LogP contribution >= 0.6 is 0 Å². The number of hydrogen-bond donors (Lipinski definition) is 5. The SMILES string of the molecule is CC(C)[C@H](C[C@H](O)[C@H](CC1CCCCC1)NC(=O)[C@@](C)(N)c1cnc[nH]1)C(O)CN(Cc1ccccn1)C(=O)OCc1ccccc1. The van der Waals surface area contributed by atoms with E-state index in [0.29, 0.717) is 23.7 Å². The number of nitrogens with one attached hydrogen (secondary N) is 2. The lowest BCUT2D eigenvalue weighted by molar-refractivity contribution is -0.128. The van der Waals surface area contributed by atoms with E-state index in [9.17, 15) is 19.8 Å². The highest BCUT2D eigenvalue weighted by Crippen LogP contribution is 2.31. The Morgan fingerprint density at radius 1 is 1.09 bits per heavy atom. The minimum atomic E-state index is -1.37. The van der Waals surface area contributed by atoms with Gasteiger partial charge < -0.3 is 31.0 Å². The standard InChI is InChI=1S/C36H52N6O5/c1-25(2)29(32(44)22-42(21-28-16-10-11-17-39-28)35(46)47-23-27-14-8-5-9-15-27)19-31(43)30(18-26-12-6-4-7-13-26)41-34(45)36(3,37)33-20-38-24-40-33/h5,8-11,14-17,20,24-26,29-32,43-44H,4,6-7,12-13,18-19,21-23,37H2,1-3H3,(H,38,40)(H,41,45)/t29-,30-,31-,32?,36-/m0/s1. The van der Waals surface area contributed by atoms with Crippen LogP contribution in [0.3, 0.4) is 0 Å². The maximum atomic E-state index is 13.5. The van der Waals surface area contributed by atoms with E-state index in [1.165, 1.54) is 23.8 Å². The van der Waals surface area contributed by atoms with Gasteiger partial charge >= 0.3 is 6.09 Å². The molecule has 11 heteroatoms. The second-order valence-electron chi connectivity index (χ2n) is 13.5. The Bertz CT molecular complexity index is 1350. The average Bonchev–Trinajstić information content (AvgIpc) is 3.63. The number of ether oxygens (including phenoxy) is 1. The van der Waals surface area contributed by atoms with E-state index in [1.807, 2.05) is 56.3 Å². The van der Waals surface area contributed by atoms with Gasteiger partial charge in [0.2, 0.25) is 5.91 Å². The topological polar surface area (TPSA) is 167 Å². The van der Waals surface area contributed by atoms with Crippen molar-refractivity contribution in [1.29, 1.82) is 0 Å². The molecule has 6 N–H and O–H groups in total. The van der Waals surface area contributed by atoms with Gasteiger partial charge in [0.1, 0.15) is 12.1 Å². The first-order chi connectivity index (χ1) is 22.5. The van der Waals surface area contributed by atoms with Crippen molar-refractivity contribution >= 4 is 12.0 Å². The number of aliphatic hydroxyl groups is 2. The van der Waals surface area contributed by atoms with Gasteiger partial charge in [-0.2, -0.15) is 0 Å². The molecule has 0 bridgehead atoms. The fourth-order valence-electron chi connectivity index (χ4n) is 6.45. The lowest BCUT2D eigenvalue weighted by Gasteiger charge is -2.36. The summed E-state index contributed by atoms with van der Waals surface area (Å²) in [6.07, 6.45) is 8.55. The third-order valence-corrected chi connectivity index (χ3v) is 9.44. The highest BCUT2D eigenvalue weighted by Gasteiger charge is 2.38. The largest absolute Gasteiger partial charge is 0.445 e. The van der Waals surface area contributed by atoms with Crippen LogP contribution in [0.5, 0.6) is 0 Å². The van der Waals surface area contributed by atoms with Crippen LogP contribution in [0.25, 0.3) is 0 Å². The van der Waals surface area contributed by atoms with Gasteiger partial charge in [-0.1, -0.05) is 82.3 Å². The number of carbonyl (C=O) groups is 2. The summed E-state index contributed by atoms with van der Waals surface area (Å²) in [5, 5.41) is 26.5. The van der Waals surface area contributed by atoms with Crippen molar-refractivity contribution in [2.75, 3.05) is 6.54 Å². The summed E-state index contributed by atoms with van der Waals surface area (Å²) in [7, 11) is 0. The van der Waals surface area contributed by atoms with E-state index < -0.39 is 35.8 Å². The lowest BCUT2D eigenvalue weighted by Crippen LogP contribution is -2.55. The zero-order valence-corrected chi connectivity index (χ0v) is 27.9. The van der Waals surface area contributed by atoms with E-state index in [2.05, 4.69) is 20.3 Å². The fraction of sp³-hybridized carbons (Fsp3) is 0.556. The smallest absolute Gasteiger partial charge is 0.410 e. The molecular weight excluding hydrogens is 596 g/mol. The Kier molecular flexibility index (Phi) is 13.3. The second-order valence-corrected chi connectivity index (χ2v) is 13.5. The van der Waals surface area contributed by atoms with Crippen LogP contribution in [-0.2, 0) is 28.2 Å². The van der Waals surface area contributed by atoms with E-state index in [4.69, 9.17) is 10.5 Å². The number of nitrogens with zero attached hydrogens (tertiary/aromatic N) is 3. The summed E-state index contributed by atoms with van der Waals surface area (Å²) < 4.78 is 5.65. The van der Waals surface area contributed by atoms with Crippen LogP contribution < -0.4 is 11.1 Å². The monoisotopic (exact) mass is 648 g/mol. The van der Waals surface area contributed by atoms with Crippen LogP contribution in [0, 0.1) is 17.8 Å². The van der Waals surface area contributed by atoms with Crippen molar-refractivity contribution in [3.05, 3.63) is 84.2 Å². The summed E-state index contributed by atoms with van der Waals surface area (Å²) in [6.45, 7) is 5.83. The number of benzene rings is 1. The number of H-pyrrole nitrogens is 1. The molecular formula is C36H52N6O5. The van der Waals surface area contributed by atoms with Crippen molar-refractivity contribution in [3.63, 3.8) is 0 Å².